The number of nitrogens with one attached hydrogen (secondary N) is 1. The van der Waals surface area contributed by atoms with Crippen molar-refractivity contribution in [3.05, 3.63) is 88.9 Å². The van der Waals surface area contributed by atoms with Crippen molar-refractivity contribution in [1.29, 1.82) is 0 Å². The van der Waals surface area contributed by atoms with Crippen LogP contribution in [0, 0.1) is 0 Å². The van der Waals surface area contributed by atoms with Gasteiger partial charge in [0.25, 0.3) is 0 Å². The molecule has 0 aliphatic heterocycles. The summed E-state index contributed by atoms with van der Waals surface area (Å²) in [5.41, 5.74) is -2.49. The number of rotatable bonds is 8. The van der Waals surface area contributed by atoms with Gasteiger partial charge in [-0.2, -0.15) is 21.6 Å². The van der Waals surface area contributed by atoms with Gasteiger partial charge in [0, 0.05) is 10.6 Å². The first-order chi connectivity index (χ1) is 15.6. The van der Waals surface area contributed by atoms with Gasteiger partial charge in [0.15, 0.2) is 0 Å². The molecular formula is C23H20ClF3N2O3S. The molecular weight excluding hydrogens is 477 g/mol. The third kappa shape index (κ3) is 6.27. The highest BCUT2D eigenvalue weighted by Crippen LogP contribution is 2.29. The molecule has 3 aromatic rings. The summed E-state index contributed by atoms with van der Waals surface area (Å²) in [6.07, 6.45) is 0.258. The van der Waals surface area contributed by atoms with E-state index in [1.165, 1.54) is 12.1 Å². The first-order valence-corrected chi connectivity index (χ1v) is 11.7. The predicted octanol–water partition coefficient (Wildman–Crippen LogP) is 6.60. The second-order valence-electron chi connectivity index (χ2n) is 6.97. The van der Waals surface area contributed by atoms with Crippen molar-refractivity contribution in [3.63, 3.8) is 0 Å². The summed E-state index contributed by atoms with van der Waals surface area (Å²) in [6.45, 7) is 1.82. The lowest BCUT2D eigenvalue weighted by molar-refractivity contribution is -0.0429. The fraction of sp³-hybridized carbons (Fsp3) is 0.174. The Morgan fingerprint density at radius 2 is 1.64 bits per heavy atom. The fourth-order valence-corrected chi connectivity index (χ4v) is 3.72. The molecule has 0 fully saturated rings. The van der Waals surface area contributed by atoms with E-state index in [2.05, 4.69) is 5.16 Å². The van der Waals surface area contributed by atoms with E-state index >= 15 is 0 Å². The van der Waals surface area contributed by atoms with E-state index in [1.54, 1.807) is 11.6 Å². The van der Waals surface area contributed by atoms with E-state index in [1.807, 2.05) is 54.6 Å². The molecule has 0 radical (unpaired) electrons. The number of nitrogens with zero attached hydrogens (tertiary/aromatic N) is 1. The van der Waals surface area contributed by atoms with Gasteiger partial charge in [-0.15, -0.1) is 0 Å². The maximum Gasteiger partial charge on any atom is 0.516 e. The smallest absolute Gasteiger partial charge is 0.391 e. The average Bonchev–Trinajstić information content (AvgIpc) is 2.78. The van der Waals surface area contributed by atoms with Crippen LogP contribution in [0.15, 0.2) is 78.0 Å². The normalized spacial score (nSPS) is 12.5. The maximum absolute atomic E-state index is 12.8. The minimum Gasteiger partial charge on any atom is -0.391 e. The van der Waals surface area contributed by atoms with Crippen molar-refractivity contribution in [2.45, 2.75) is 25.5 Å². The molecule has 3 aromatic carbocycles. The number of anilines is 1. The summed E-state index contributed by atoms with van der Waals surface area (Å²) < 4.78 is 63.1. The third-order valence-corrected chi connectivity index (χ3v) is 5.98. The minimum absolute atomic E-state index is 0.0947. The number of oxime groups is 1. The van der Waals surface area contributed by atoms with Crippen molar-refractivity contribution < 1.29 is 26.4 Å². The summed E-state index contributed by atoms with van der Waals surface area (Å²) >= 11 is 5.98. The van der Waals surface area contributed by atoms with E-state index in [9.17, 15) is 21.6 Å². The van der Waals surface area contributed by atoms with Crippen LogP contribution in [0.4, 0.5) is 18.9 Å². The van der Waals surface area contributed by atoms with E-state index in [0.717, 1.165) is 22.8 Å². The fourth-order valence-electron chi connectivity index (χ4n) is 2.96. The molecule has 0 atom stereocenters. The second kappa shape index (κ2) is 10.3. The molecule has 0 aromatic heterocycles. The molecule has 174 valence electrons. The highest BCUT2D eigenvalue weighted by molar-refractivity contribution is 7.93. The summed E-state index contributed by atoms with van der Waals surface area (Å²) in [6, 6.07) is 21.2. The van der Waals surface area contributed by atoms with Crippen LogP contribution >= 0.6 is 11.6 Å². The minimum atomic E-state index is -5.61. The monoisotopic (exact) mass is 496 g/mol. The molecule has 5 nitrogen and oxygen atoms in total. The SMILES string of the molecule is CC/C(=N\OCc1ccc(-c2ccccc2)cc1)c1cc(Cl)ccc1NS(=O)(=O)C(F)(F)F. The van der Waals surface area contributed by atoms with E-state index in [-0.39, 0.29) is 35.0 Å². The molecule has 0 aliphatic rings. The Morgan fingerprint density at radius 3 is 2.24 bits per heavy atom. The predicted molar refractivity (Wildman–Crippen MR) is 124 cm³/mol. The lowest BCUT2D eigenvalue weighted by Crippen LogP contribution is -2.30. The average molecular weight is 497 g/mol. The molecule has 3 rings (SSSR count). The number of hydrogen-bond acceptors (Lipinski definition) is 4. The van der Waals surface area contributed by atoms with Crippen molar-refractivity contribution in [2.24, 2.45) is 5.16 Å². The molecule has 0 saturated carbocycles. The molecule has 33 heavy (non-hydrogen) atoms. The molecule has 0 unspecified atom stereocenters. The van der Waals surface area contributed by atoms with E-state index < -0.39 is 15.5 Å². The van der Waals surface area contributed by atoms with Gasteiger partial charge in [0.2, 0.25) is 0 Å². The van der Waals surface area contributed by atoms with Crippen LogP contribution in [-0.2, 0) is 21.5 Å². The maximum atomic E-state index is 12.8. The highest BCUT2D eigenvalue weighted by Gasteiger charge is 2.46. The summed E-state index contributed by atoms with van der Waals surface area (Å²) in [7, 11) is -5.61. The van der Waals surface area contributed by atoms with Gasteiger partial charge in [-0.25, -0.2) is 0 Å². The van der Waals surface area contributed by atoms with Gasteiger partial charge in [-0.05, 0) is 41.3 Å². The first kappa shape index (κ1) is 24.6. The number of halogens is 4. The Kier molecular flexibility index (Phi) is 7.65. The molecule has 0 heterocycles. The van der Waals surface area contributed by atoms with Gasteiger partial charge in [0.05, 0.1) is 11.4 Å². The van der Waals surface area contributed by atoms with Crippen molar-refractivity contribution in [3.8, 4) is 11.1 Å². The van der Waals surface area contributed by atoms with Crippen LogP contribution in [0.5, 0.6) is 0 Å². The zero-order valence-corrected chi connectivity index (χ0v) is 19.0. The lowest BCUT2D eigenvalue weighted by atomic mass is 10.0. The molecule has 0 aliphatic carbocycles. The van der Waals surface area contributed by atoms with Crippen LogP contribution in [0.2, 0.25) is 5.02 Å². The van der Waals surface area contributed by atoms with Crippen LogP contribution < -0.4 is 4.72 Å². The zero-order valence-electron chi connectivity index (χ0n) is 17.4. The Balaban J connectivity index is 1.78. The van der Waals surface area contributed by atoms with Crippen molar-refractivity contribution >= 4 is 33.0 Å². The van der Waals surface area contributed by atoms with Crippen LogP contribution in [-0.4, -0.2) is 19.6 Å². The zero-order chi connectivity index (χ0) is 24.1. The summed E-state index contributed by atoms with van der Waals surface area (Å²) in [5, 5.41) is 4.23. The number of benzene rings is 3. The van der Waals surface area contributed by atoms with Crippen LogP contribution in [0.1, 0.15) is 24.5 Å². The molecule has 0 spiro atoms. The van der Waals surface area contributed by atoms with E-state index in [4.69, 9.17) is 16.4 Å². The summed E-state index contributed by atoms with van der Waals surface area (Å²) in [5.74, 6) is 0. The topological polar surface area (TPSA) is 67.8 Å². The summed E-state index contributed by atoms with van der Waals surface area (Å²) in [4.78, 5) is 5.41. The van der Waals surface area contributed by atoms with Crippen molar-refractivity contribution in [2.75, 3.05) is 4.72 Å². The Hall–Kier alpha value is -3.04. The quantitative estimate of drug-likeness (QED) is 0.282. The van der Waals surface area contributed by atoms with Gasteiger partial charge in [-0.1, -0.05) is 78.3 Å². The lowest BCUT2D eigenvalue weighted by Gasteiger charge is -2.15. The number of hydrogen-bond donors (Lipinski definition) is 1. The molecule has 1 N–H and O–H groups in total. The van der Waals surface area contributed by atoms with Crippen LogP contribution in [0.25, 0.3) is 11.1 Å². The van der Waals surface area contributed by atoms with Gasteiger partial charge >= 0.3 is 15.5 Å². The molecule has 0 amide bonds. The molecule has 0 saturated heterocycles. The second-order valence-corrected chi connectivity index (χ2v) is 9.08. The highest BCUT2D eigenvalue weighted by atomic mass is 35.5. The number of sulfonamides is 1. The first-order valence-electron chi connectivity index (χ1n) is 9.83. The third-order valence-electron chi connectivity index (χ3n) is 4.64. The van der Waals surface area contributed by atoms with Gasteiger partial charge in [-0.3, -0.25) is 4.72 Å². The largest absolute Gasteiger partial charge is 0.516 e. The Morgan fingerprint density at radius 1 is 1.00 bits per heavy atom. The molecule has 10 heteroatoms. The number of alkyl halides is 3. The van der Waals surface area contributed by atoms with E-state index in [0.29, 0.717) is 0 Å². The van der Waals surface area contributed by atoms with Crippen molar-refractivity contribution in [1.82, 2.24) is 0 Å². The van der Waals surface area contributed by atoms with Gasteiger partial charge < -0.3 is 4.84 Å². The Labute approximate surface area is 194 Å². The standard InChI is InChI=1S/C23H20ClF3N2O3S/c1-2-21(20-14-19(24)12-13-22(20)29-33(30,31)23(25,26)27)28-32-15-16-8-10-18(11-9-16)17-6-4-3-5-7-17/h3-14,29H,2,15H2,1H3/b28-21+. The van der Waals surface area contributed by atoms with Gasteiger partial charge in [0.1, 0.15) is 6.61 Å². The Bertz CT molecular complexity index is 1230. The van der Waals surface area contributed by atoms with Crippen LogP contribution in [0.3, 0.4) is 0 Å². The molecule has 0 bridgehead atoms.